The van der Waals surface area contributed by atoms with Gasteiger partial charge in [0.25, 0.3) is 0 Å². The molecule has 1 aromatic carbocycles. The van der Waals surface area contributed by atoms with Gasteiger partial charge in [-0.25, -0.2) is 0 Å². The number of nitrogens with zero attached hydrogens (tertiary/aromatic N) is 1. The molecule has 3 rings (SSSR count). The van der Waals surface area contributed by atoms with Crippen LogP contribution in [0.25, 0.3) is 0 Å². The molecule has 2 heterocycles. The van der Waals surface area contributed by atoms with Gasteiger partial charge >= 0.3 is 5.97 Å². The van der Waals surface area contributed by atoms with E-state index in [0.717, 1.165) is 42.6 Å². The molecule has 1 aromatic rings. The minimum Gasteiger partial charge on any atom is -0.504 e. The molecule has 0 saturated heterocycles. The third kappa shape index (κ3) is 2.07. The summed E-state index contributed by atoms with van der Waals surface area (Å²) in [5.74, 6) is -0.264. The smallest absolute Gasteiger partial charge is 0.303 e. The molecule has 0 amide bonds. The topological polar surface area (TPSA) is 70.0 Å². The third-order valence-corrected chi connectivity index (χ3v) is 4.22. The van der Waals surface area contributed by atoms with Crippen molar-refractivity contribution in [2.75, 3.05) is 25.1 Å². The maximum atomic E-state index is 11.1. The Balaban J connectivity index is 2.17. The summed E-state index contributed by atoms with van der Waals surface area (Å²) >= 11 is 0. The summed E-state index contributed by atoms with van der Waals surface area (Å²) in [6.45, 7) is 1.42. The molecule has 20 heavy (non-hydrogen) atoms. The van der Waals surface area contributed by atoms with Crippen LogP contribution < -0.4 is 9.64 Å². The summed E-state index contributed by atoms with van der Waals surface area (Å²) in [6, 6.07) is 1.76. The minimum atomic E-state index is -0.805. The fourth-order valence-electron chi connectivity index (χ4n) is 3.35. The number of likely N-dealkylation sites (N-methyl/N-ethyl adjacent to an activating group) is 1. The van der Waals surface area contributed by atoms with Gasteiger partial charge in [0.1, 0.15) is 0 Å². The van der Waals surface area contributed by atoms with E-state index in [1.165, 1.54) is 0 Å². The molecule has 0 aromatic heterocycles. The van der Waals surface area contributed by atoms with Crippen molar-refractivity contribution < 1.29 is 19.7 Å². The van der Waals surface area contributed by atoms with Crippen LogP contribution in [0.15, 0.2) is 6.07 Å². The minimum absolute atomic E-state index is 0.0834. The number of phenols is 1. The number of ether oxygens (including phenoxy) is 1. The first-order valence-corrected chi connectivity index (χ1v) is 7.02. The first kappa shape index (κ1) is 13.1. The summed E-state index contributed by atoms with van der Waals surface area (Å²) in [7, 11) is 2.01. The zero-order chi connectivity index (χ0) is 14.3. The van der Waals surface area contributed by atoms with E-state index in [4.69, 9.17) is 9.84 Å². The summed E-state index contributed by atoms with van der Waals surface area (Å²) in [5, 5.41) is 19.3. The van der Waals surface area contributed by atoms with Gasteiger partial charge < -0.3 is 19.8 Å². The Labute approximate surface area is 117 Å². The highest BCUT2D eigenvalue weighted by Crippen LogP contribution is 2.49. The number of carboxylic acids is 1. The van der Waals surface area contributed by atoms with Crippen molar-refractivity contribution in [2.45, 2.75) is 31.6 Å². The first-order chi connectivity index (χ1) is 9.58. The lowest BCUT2D eigenvalue weighted by atomic mass is 9.88. The summed E-state index contributed by atoms with van der Waals surface area (Å²) in [4.78, 5) is 13.3. The van der Waals surface area contributed by atoms with Crippen molar-refractivity contribution in [3.05, 3.63) is 17.2 Å². The molecule has 108 valence electrons. The number of hydrogen-bond acceptors (Lipinski definition) is 4. The van der Waals surface area contributed by atoms with E-state index in [1.54, 1.807) is 6.07 Å². The second-order valence-corrected chi connectivity index (χ2v) is 5.60. The van der Waals surface area contributed by atoms with E-state index < -0.39 is 5.97 Å². The van der Waals surface area contributed by atoms with Crippen LogP contribution in [0.4, 0.5) is 5.69 Å². The Morgan fingerprint density at radius 1 is 1.55 bits per heavy atom. The van der Waals surface area contributed by atoms with Crippen molar-refractivity contribution in [3.8, 4) is 11.5 Å². The molecule has 5 heteroatoms. The molecule has 2 aliphatic rings. The molecule has 5 nitrogen and oxygen atoms in total. The molecule has 0 saturated carbocycles. The predicted octanol–water partition coefficient (Wildman–Crippen LogP) is 2.12. The van der Waals surface area contributed by atoms with Crippen LogP contribution in [-0.4, -0.2) is 36.4 Å². The number of phenolic OH excluding ortho intramolecular Hbond substituents is 1. The Kier molecular flexibility index (Phi) is 3.20. The van der Waals surface area contributed by atoms with E-state index >= 15 is 0 Å². The fourth-order valence-corrected chi connectivity index (χ4v) is 3.35. The standard InChI is InChI=1S/C15H19NO4/c1-16-5-4-10-7-11(17)15-13(14(10)16)9(8-12(18)19)3-2-6-20-15/h7,9,17H,2-6,8H2,1H3,(H,18,19). The molecule has 2 aliphatic heterocycles. The number of rotatable bonds is 2. The number of fused-ring (bicyclic) bond motifs is 3. The monoisotopic (exact) mass is 277 g/mol. The number of aliphatic carboxylic acids is 1. The summed E-state index contributed by atoms with van der Waals surface area (Å²) < 4.78 is 5.70. The van der Waals surface area contributed by atoms with Crippen LogP contribution in [0.3, 0.4) is 0 Å². The van der Waals surface area contributed by atoms with Gasteiger partial charge in [-0.15, -0.1) is 0 Å². The van der Waals surface area contributed by atoms with Crippen LogP contribution in [0.1, 0.15) is 36.3 Å². The Morgan fingerprint density at radius 3 is 3.10 bits per heavy atom. The highest BCUT2D eigenvalue weighted by atomic mass is 16.5. The molecule has 0 aliphatic carbocycles. The molecule has 1 atom stereocenters. The van der Waals surface area contributed by atoms with Crippen molar-refractivity contribution >= 4 is 11.7 Å². The van der Waals surface area contributed by atoms with Crippen molar-refractivity contribution in [2.24, 2.45) is 0 Å². The van der Waals surface area contributed by atoms with E-state index in [2.05, 4.69) is 4.90 Å². The normalized spacial score (nSPS) is 20.9. The molecule has 0 bridgehead atoms. The van der Waals surface area contributed by atoms with Crippen LogP contribution in [-0.2, 0) is 11.2 Å². The SMILES string of the molecule is CN1CCc2cc(O)c3c(c21)C(CC(=O)O)CCCO3. The molecule has 0 spiro atoms. The van der Waals surface area contributed by atoms with Gasteiger partial charge in [0.15, 0.2) is 11.5 Å². The van der Waals surface area contributed by atoms with Crippen LogP contribution in [0.5, 0.6) is 11.5 Å². The fraction of sp³-hybridized carbons (Fsp3) is 0.533. The van der Waals surface area contributed by atoms with Gasteiger partial charge in [-0.2, -0.15) is 0 Å². The van der Waals surface area contributed by atoms with Crippen LogP contribution >= 0.6 is 0 Å². The maximum Gasteiger partial charge on any atom is 0.303 e. The van der Waals surface area contributed by atoms with E-state index in [0.29, 0.717) is 12.4 Å². The van der Waals surface area contributed by atoms with Crippen molar-refractivity contribution in [1.82, 2.24) is 0 Å². The predicted molar refractivity (Wildman–Crippen MR) is 74.8 cm³/mol. The van der Waals surface area contributed by atoms with Gasteiger partial charge in [-0.05, 0) is 30.9 Å². The average Bonchev–Trinajstić information content (AvgIpc) is 2.62. The number of carbonyl (C=O) groups is 1. The number of hydrogen-bond donors (Lipinski definition) is 2. The van der Waals surface area contributed by atoms with E-state index in [1.807, 2.05) is 7.05 Å². The summed E-state index contributed by atoms with van der Waals surface area (Å²) in [6.07, 6.45) is 2.56. The Hall–Kier alpha value is -1.91. The van der Waals surface area contributed by atoms with Crippen molar-refractivity contribution in [1.29, 1.82) is 0 Å². The lowest BCUT2D eigenvalue weighted by Gasteiger charge is -2.23. The zero-order valence-corrected chi connectivity index (χ0v) is 11.6. The molecular weight excluding hydrogens is 258 g/mol. The van der Waals surface area contributed by atoms with Crippen molar-refractivity contribution in [3.63, 3.8) is 0 Å². The van der Waals surface area contributed by atoms with Gasteiger partial charge in [0.2, 0.25) is 0 Å². The molecule has 0 radical (unpaired) electrons. The van der Waals surface area contributed by atoms with Gasteiger partial charge in [-0.3, -0.25) is 4.79 Å². The quantitative estimate of drug-likeness (QED) is 0.866. The van der Waals surface area contributed by atoms with Crippen LogP contribution in [0, 0.1) is 0 Å². The average molecular weight is 277 g/mol. The highest BCUT2D eigenvalue weighted by Gasteiger charge is 2.32. The van der Waals surface area contributed by atoms with Gasteiger partial charge in [-0.1, -0.05) is 0 Å². The molecule has 0 fully saturated rings. The first-order valence-electron chi connectivity index (χ1n) is 7.02. The lowest BCUT2D eigenvalue weighted by Crippen LogP contribution is -2.16. The van der Waals surface area contributed by atoms with Gasteiger partial charge in [0, 0.05) is 30.8 Å². The highest BCUT2D eigenvalue weighted by molar-refractivity contribution is 5.75. The largest absolute Gasteiger partial charge is 0.504 e. The Morgan fingerprint density at radius 2 is 2.35 bits per heavy atom. The number of aromatic hydroxyl groups is 1. The van der Waals surface area contributed by atoms with E-state index in [9.17, 15) is 9.90 Å². The molecule has 2 N–H and O–H groups in total. The second-order valence-electron chi connectivity index (χ2n) is 5.60. The molecular formula is C15H19NO4. The van der Waals surface area contributed by atoms with Gasteiger partial charge in [0.05, 0.1) is 13.0 Å². The third-order valence-electron chi connectivity index (χ3n) is 4.22. The number of benzene rings is 1. The Bertz CT molecular complexity index is 555. The second kappa shape index (κ2) is 4.89. The van der Waals surface area contributed by atoms with E-state index in [-0.39, 0.29) is 18.1 Å². The number of anilines is 1. The maximum absolute atomic E-state index is 11.1. The zero-order valence-electron chi connectivity index (χ0n) is 11.6. The number of carboxylic acid groups (broad SMARTS) is 1. The molecule has 1 unspecified atom stereocenters. The lowest BCUT2D eigenvalue weighted by molar-refractivity contribution is -0.137. The van der Waals surface area contributed by atoms with Crippen LogP contribution in [0.2, 0.25) is 0 Å². The summed E-state index contributed by atoms with van der Waals surface area (Å²) in [5.41, 5.74) is 3.04.